The average molecular weight is 268 g/mol. The maximum atomic E-state index is 11.6. The highest BCUT2D eigenvalue weighted by Crippen LogP contribution is 2.31. The molecule has 2 saturated carbocycles. The summed E-state index contributed by atoms with van der Waals surface area (Å²) < 4.78 is 0. The van der Waals surface area contributed by atoms with Crippen molar-refractivity contribution < 1.29 is 14.7 Å². The summed E-state index contributed by atoms with van der Waals surface area (Å²) in [5.74, 6) is -0.119. The summed E-state index contributed by atoms with van der Waals surface area (Å²) in [7, 11) is 0. The highest BCUT2D eigenvalue weighted by molar-refractivity contribution is 5.74. The topological polar surface area (TPSA) is 78.4 Å². The van der Waals surface area contributed by atoms with Crippen LogP contribution in [0.4, 0.5) is 4.79 Å². The van der Waals surface area contributed by atoms with Crippen molar-refractivity contribution in [2.75, 3.05) is 13.1 Å². The van der Waals surface area contributed by atoms with Gasteiger partial charge in [-0.3, -0.25) is 4.79 Å². The Morgan fingerprint density at radius 2 is 1.79 bits per heavy atom. The van der Waals surface area contributed by atoms with Gasteiger partial charge in [0.25, 0.3) is 0 Å². The first kappa shape index (κ1) is 14.2. The van der Waals surface area contributed by atoms with Gasteiger partial charge in [0, 0.05) is 13.1 Å². The summed E-state index contributed by atoms with van der Waals surface area (Å²) in [6, 6.07) is -0.157. The zero-order valence-electron chi connectivity index (χ0n) is 11.4. The molecule has 0 radical (unpaired) electrons. The van der Waals surface area contributed by atoms with Gasteiger partial charge in [-0.05, 0) is 31.1 Å². The van der Waals surface area contributed by atoms with Crippen molar-refractivity contribution in [3.05, 3.63) is 0 Å². The van der Waals surface area contributed by atoms with E-state index in [1.165, 1.54) is 19.3 Å². The number of carboxylic acid groups (broad SMARTS) is 1. The smallest absolute Gasteiger partial charge is 0.314 e. The molecule has 2 fully saturated rings. The molecule has 0 bridgehead atoms. The molecule has 108 valence electrons. The number of hydrogen-bond acceptors (Lipinski definition) is 2. The molecule has 3 N–H and O–H groups in total. The van der Waals surface area contributed by atoms with E-state index in [2.05, 4.69) is 10.6 Å². The normalized spacial score (nSPS) is 26.7. The van der Waals surface area contributed by atoms with Crippen LogP contribution >= 0.6 is 0 Å². The highest BCUT2D eigenvalue weighted by atomic mass is 16.4. The molecule has 0 aliphatic heterocycles. The van der Waals surface area contributed by atoms with Crippen LogP contribution in [0, 0.1) is 17.8 Å². The van der Waals surface area contributed by atoms with Crippen molar-refractivity contribution in [1.82, 2.24) is 10.6 Å². The zero-order valence-corrected chi connectivity index (χ0v) is 11.4. The average Bonchev–Trinajstić information content (AvgIpc) is 2.78. The monoisotopic (exact) mass is 268 g/mol. The van der Waals surface area contributed by atoms with E-state index in [4.69, 9.17) is 5.11 Å². The minimum absolute atomic E-state index is 0.0925. The summed E-state index contributed by atoms with van der Waals surface area (Å²) in [5.41, 5.74) is 0. The molecular formula is C14H24N2O3. The van der Waals surface area contributed by atoms with Crippen molar-refractivity contribution in [3.8, 4) is 0 Å². The number of hydrogen-bond donors (Lipinski definition) is 3. The van der Waals surface area contributed by atoms with E-state index >= 15 is 0 Å². The van der Waals surface area contributed by atoms with Gasteiger partial charge < -0.3 is 15.7 Å². The van der Waals surface area contributed by atoms with Gasteiger partial charge in [-0.1, -0.05) is 25.7 Å². The van der Waals surface area contributed by atoms with Gasteiger partial charge in [0.2, 0.25) is 0 Å². The molecule has 0 spiro atoms. The maximum Gasteiger partial charge on any atom is 0.314 e. The summed E-state index contributed by atoms with van der Waals surface area (Å²) >= 11 is 0. The van der Waals surface area contributed by atoms with Gasteiger partial charge in [-0.2, -0.15) is 0 Å². The molecule has 0 aromatic carbocycles. The third-order valence-corrected chi connectivity index (χ3v) is 4.56. The van der Waals surface area contributed by atoms with Crippen LogP contribution in [0.3, 0.4) is 0 Å². The van der Waals surface area contributed by atoms with E-state index in [0.717, 1.165) is 38.1 Å². The Balaban J connectivity index is 1.58. The van der Waals surface area contributed by atoms with Crippen LogP contribution in [-0.4, -0.2) is 30.2 Å². The fourth-order valence-electron chi connectivity index (χ4n) is 3.06. The van der Waals surface area contributed by atoms with Gasteiger partial charge in [0.05, 0.1) is 5.92 Å². The van der Waals surface area contributed by atoms with Crippen LogP contribution in [0.5, 0.6) is 0 Å². The SMILES string of the molecule is O=C(NCCC1CCC1)NCC1CCCC1C(=O)O. The summed E-state index contributed by atoms with van der Waals surface area (Å²) in [4.78, 5) is 22.6. The molecule has 0 saturated heterocycles. The summed E-state index contributed by atoms with van der Waals surface area (Å²) in [5, 5.41) is 14.7. The first-order valence-electron chi connectivity index (χ1n) is 7.41. The van der Waals surface area contributed by atoms with Crippen molar-refractivity contribution >= 4 is 12.0 Å². The molecule has 0 heterocycles. The number of urea groups is 1. The molecule has 2 aliphatic rings. The lowest BCUT2D eigenvalue weighted by Crippen LogP contribution is -2.40. The molecular weight excluding hydrogens is 244 g/mol. The van der Waals surface area contributed by atoms with Crippen molar-refractivity contribution in [3.63, 3.8) is 0 Å². The molecule has 2 unspecified atom stereocenters. The lowest BCUT2D eigenvalue weighted by atomic mass is 9.83. The molecule has 5 nitrogen and oxygen atoms in total. The van der Waals surface area contributed by atoms with Gasteiger partial charge >= 0.3 is 12.0 Å². The van der Waals surface area contributed by atoms with E-state index < -0.39 is 5.97 Å². The van der Waals surface area contributed by atoms with Crippen LogP contribution in [0.15, 0.2) is 0 Å². The third-order valence-electron chi connectivity index (χ3n) is 4.56. The van der Waals surface area contributed by atoms with E-state index in [1.807, 2.05) is 0 Å². The summed E-state index contributed by atoms with van der Waals surface area (Å²) in [6.07, 6.45) is 7.58. The Morgan fingerprint density at radius 1 is 1.05 bits per heavy atom. The van der Waals surface area contributed by atoms with E-state index in [-0.39, 0.29) is 17.9 Å². The molecule has 0 aromatic heterocycles. The van der Waals surface area contributed by atoms with Crippen LogP contribution in [0.25, 0.3) is 0 Å². The second kappa shape index (κ2) is 6.78. The number of carbonyl (C=O) groups is 2. The van der Waals surface area contributed by atoms with Gasteiger partial charge in [-0.25, -0.2) is 4.79 Å². The predicted octanol–water partition coefficient (Wildman–Crippen LogP) is 1.98. The molecule has 2 atom stereocenters. The van der Waals surface area contributed by atoms with E-state index in [1.54, 1.807) is 0 Å². The quantitative estimate of drug-likeness (QED) is 0.689. The Kier molecular flexibility index (Phi) is 5.05. The molecule has 2 aliphatic carbocycles. The Labute approximate surface area is 114 Å². The third kappa shape index (κ3) is 4.11. The van der Waals surface area contributed by atoms with Gasteiger partial charge in [-0.15, -0.1) is 0 Å². The molecule has 2 rings (SSSR count). The molecule has 5 heteroatoms. The minimum Gasteiger partial charge on any atom is -0.481 e. The second-order valence-electron chi connectivity index (χ2n) is 5.86. The number of aliphatic carboxylic acids is 1. The van der Waals surface area contributed by atoms with Crippen LogP contribution in [-0.2, 0) is 4.79 Å². The maximum absolute atomic E-state index is 11.6. The zero-order chi connectivity index (χ0) is 13.7. The van der Waals surface area contributed by atoms with E-state index in [9.17, 15) is 9.59 Å². The molecule has 19 heavy (non-hydrogen) atoms. The Bertz CT molecular complexity index is 329. The fraction of sp³-hybridized carbons (Fsp3) is 0.857. The first-order valence-corrected chi connectivity index (χ1v) is 7.41. The van der Waals surface area contributed by atoms with Crippen molar-refractivity contribution in [2.45, 2.75) is 44.9 Å². The first-order chi connectivity index (χ1) is 9.16. The van der Waals surface area contributed by atoms with Gasteiger partial charge in [0.1, 0.15) is 0 Å². The molecule has 2 amide bonds. The number of carboxylic acids is 1. The van der Waals surface area contributed by atoms with Crippen molar-refractivity contribution in [2.24, 2.45) is 17.8 Å². The predicted molar refractivity (Wildman–Crippen MR) is 71.8 cm³/mol. The number of amides is 2. The summed E-state index contributed by atoms with van der Waals surface area (Å²) in [6.45, 7) is 1.20. The number of carbonyl (C=O) groups excluding carboxylic acids is 1. The lowest BCUT2D eigenvalue weighted by Gasteiger charge is -2.25. The van der Waals surface area contributed by atoms with Crippen LogP contribution < -0.4 is 10.6 Å². The largest absolute Gasteiger partial charge is 0.481 e. The second-order valence-corrected chi connectivity index (χ2v) is 5.86. The minimum atomic E-state index is -0.727. The Morgan fingerprint density at radius 3 is 2.42 bits per heavy atom. The standard InChI is InChI=1S/C14H24N2O3/c17-13(18)12-6-2-5-11(12)9-16-14(19)15-8-7-10-3-1-4-10/h10-12H,1-9H2,(H,17,18)(H2,15,16,19). The molecule has 0 aromatic rings. The number of rotatable bonds is 6. The van der Waals surface area contributed by atoms with Gasteiger partial charge in [0.15, 0.2) is 0 Å². The van der Waals surface area contributed by atoms with Crippen molar-refractivity contribution in [1.29, 1.82) is 0 Å². The van der Waals surface area contributed by atoms with E-state index in [0.29, 0.717) is 6.54 Å². The Hall–Kier alpha value is -1.26. The highest BCUT2D eigenvalue weighted by Gasteiger charge is 2.32. The van der Waals surface area contributed by atoms with Crippen LogP contribution in [0.2, 0.25) is 0 Å². The fourth-order valence-corrected chi connectivity index (χ4v) is 3.06. The number of nitrogens with one attached hydrogen (secondary N) is 2. The van der Waals surface area contributed by atoms with Crippen LogP contribution in [0.1, 0.15) is 44.9 Å². The lowest BCUT2D eigenvalue weighted by molar-refractivity contribution is -0.142.